The van der Waals surface area contributed by atoms with Crippen molar-refractivity contribution in [1.82, 2.24) is 15.0 Å². The molecule has 1 N–H and O–H groups in total. The fraction of sp³-hybridized carbons (Fsp3) is 0.308. The minimum absolute atomic E-state index is 0.427. The van der Waals surface area contributed by atoms with Crippen molar-refractivity contribution in [3.05, 3.63) is 46.2 Å². The summed E-state index contributed by atoms with van der Waals surface area (Å²) in [4.78, 5) is 11.5. The summed E-state index contributed by atoms with van der Waals surface area (Å²) in [7, 11) is 0. The smallest absolute Gasteiger partial charge is 0.312 e. The second-order valence-corrected chi connectivity index (χ2v) is 5.11. The first-order valence-electron chi connectivity index (χ1n) is 5.97. The van der Waals surface area contributed by atoms with Crippen LogP contribution in [0.15, 0.2) is 34.9 Å². The number of benzene rings is 1. The summed E-state index contributed by atoms with van der Waals surface area (Å²) in [6, 6.07) is 7.65. The van der Waals surface area contributed by atoms with Gasteiger partial charge in [-0.1, -0.05) is 33.3 Å². The zero-order valence-corrected chi connectivity index (χ0v) is 12.0. The molecule has 1 aromatic carbocycles. The van der Waals surface area contributed by atoms with Gasteiger partial charge in [-0.2, -0.15) is 0 Å². The van der Waals surface area contributed by atoms with Crippen molar-refractivity contribution in [1.29, 1.82) is 0 Å². The molecule has 0 saturated carbocycles. The highest BCUT2D eigenvalue weighted by molar-refractivity contribution is 9.10. The SMILES string of the molecule is CCn1nncc1C(Cc1ccc(Br)cc1)C(=O)O. The van der Waals surface area contributed by atoms with E-state index >= 15 is 0 Å². The number of aliphatic carboxylic acids is 1. The van der Waals surface area contributed by atoms with Gasteiger partial charge in [0, 0.05) is 11.0 Å². The topological polar surface area (TPSA) is 68.0 Å². The van der Waals surface area contributed by atoms with Gasteiger partial charge in [0.2, 0.25) is 0 Å². The number of aryl methyl sites for hydroxylation is 1. The fourth-order valence-electron chi connectivity index (χ4n) is 1.96. The standard InChI is InChI=1S/C13H14BrN3O2/c1-2-17-12(8-15-16-17)11(13(18)19)7-9-3-5-10(14)6-4-9/h3-6,8,11H,2,7H2,1H3,(H,18,19). The number of nitrogens with zero attached hydrogens (tertiary/aromatic N) is 3. The van der Waals surface area contributed by atoms with Gasteiger partial charge in [0.25, 0.3) is 0 Å². The first-order chi connectivity index (χ1) is 9.11. The molecule has 0 spiro atoms. The van der Waals surface area contributed by atoms with Crippen LogP contribution in [-0.4, -0.2) is 26.1 Å². The second-order valence-electron chi connectivity index (χ2n) is 4.20. The lowest BCUT2D eigenvalue weighted by molar-refractivity contribution is -0.138. The third-order valence-electron chi connectivity index (χ3n) is 2.96. The first kappa shape index (κ1) is 13.7. The molecule has 1 unspecified atom stereocenters. The lowest BCUT2D eigenvalue weighted by atomic mass is 9.96. The third kappa shape index (κ3) is 3.20. The van der Waals surface area contributed by atoms with Crippen LogP contribution in [0.1, 0.15) is 24.1 Å². The van der Waals surface area contributed by atoms with Crippen molar-refractivity contribution in [3.63, 3.8) is 0 Å². The molecule has 5 nitrogen and oxygen atoms in total. The Labute approximate surface area is 119 Å². The van der Waals surface area contributed by atoms with Gasteiger partial charge in [-0.25, -0.2) is 4.68 Å². The molecule has 0 bridgehead atoms. The van der Waals surface area contributed by atoms with E-state index in [-0.39, 0.29) is 0 Å². The number of hydrogen-bond acceptors (Lipinski definition) is 3. The van der Waals surface area contributed by atoms with Crippen LogP contribution in [0.5, 0.6) is 0 Å². The van der Waals surface area contributed by atoms with Gasteiger partial charge in [-0.15, -0.1) is 5.10 Å². The zero-order chi connectivity index (χ0) is 13.8. The maximum absolute atomic E-state index is 11.5. The summed E-state index contributed by atoms with van der Waals surface area (Å²) >= 11 is 3.36. The number of carboxylic acids is 1. The minimum atomic E-state index is -0.861. The number of rotatable bonds is 5. The van der Waals surface area contributed by atoms with E-state index in [2.05, 4.69) is 26.2 Å². The lowest BCUT2D eigenvalue weighted by Gasteiger charge is -2.13. The van der Waals surface area contributed by atoms with Crippen LogP contribution in [0, 0.1) is 0 Å². The van der Waals surface area contributed by atoms with Crippen LogP contribution in [0.3, 0.4) is 0 Å². The largest absolute Gasteiger partial charge is 0.481 e. The lowest BCUT2D eigenvalue weighted by Crippen LogP contribution is -2.18. The number of carbonyl (C=O) groups is 1. The van der Waals surface area contributed by atoms with Crippen LogP contribution in [0.4, 0.5) is 0 Å². The summed E-state index contributed by atoms with van der Waals surface area (Å²) in [5.41, 5.74) is 1.61. The van der Waals surface area contributed by atoms with Gasteiger partial charge in [0.1, 0.15) is 5.92 Å². The first-order valence-corrected chi connectivity index (χ1v) is 6.76. The number of aromatic nitrogens is 3. The molecule has 0 radical (unpaired) electrons. The number of hydrogen-bond donors (Lipinski definition) is 1. The van der Waals surface area contributed by atoms with Gasteiger partial charge in [0.15, 0.2) is 0 Å². The van der Waals surface area contributed by atoms with E-state index in [9.17, 15) is 9.90 Å². The summed E-state index contributed by atoms with van der Waals surface area (Å²) in [5, 5.41) is 17.1. The van der Waals surface area contributed by atoms with Gasteiger partial charge in [-0.3, -0.25) is 4.79 Å². The van der Waals surface area contributed by atoms with Crippen molar-refractivity contribution in [3.8, 4) is 0 Å². The Morgan fingerprint density at radius 1 is 1.42 bits per heavy atom. The molecule has 100 valence electrons. The van der Waals surface area contributed by atoms with Gasteiger partial charge in [-0.05, 0) is 31.0 Å². The van der Waals surface area contributed by atoms with E-state index in [0.29, 0.717) is 18.7 Å². The van der Waals surface area contributed by atoms with Crippen LogP contribution in [0.25, 0.3) is 0 Å². The monoisotopic (exact) mass is 323 g/mol. The quantitative estimate of drug-likeness (QED) is 0.917. The van der Waals surface area contributed by atoms with Crippen LogP contribution in [0.2, 0.25) is 0 Å². The molecule has 1 atom stereocenters. The highest BCUT2D eigenvalue weighted by atomic mass is 79.9. The van der Waals surface area contributed by atoms with Crippen molar-refractivity contribution in [2.24, 2.45) is 0 Å². The van der Waals surface area contributed by atoms with Gasteiger partial charge in [0.05, 0.1) is 11.9 Å². The molecule has 0 aliphatic rings. The van der Waals surface area contributed by atoms with E-state index in [4.69, 9.17) is 0 Å². The molecule has 2 rings (SSSR count). The molecular weight excluding hydrogens is 310 g/mol. The van der Waals surface area contributed by atoms with E-state index in [0.717, 1.165) is 10.0 Å². The maximum atomic E-state index is 11.5. The Morgan fingerprint density at radius 2 is 2.11 bits per heavy atom. The van der Waals surface area contributed by atoms with Crippen molar-refractivity contribution >= 4 is 21.9 Å². The Kier molecular flexibility index (Phi) is 4.31. The van der Waals surface area contributed by atoms with Gasteiger partial charge >= 0.3 is 5.97 Å². The molecule has 2 aromatic rings. The molecular formula is C13H14BrN3O2. The molecule has 1 heterocycles. The second kappa shape index (κ2) is 5.97. The number of halogens is 1. The Bertz CT molecular complexity index is 566. The van der Waals surface area contributed by atoms with Crippen LogP contribution < -0.4 is 0 Å². The maximum Gasteiger partial charge on any atom is 0.312 e. The van der Waals surface area contributed by atoms with Crippen LogP contribution in [-0.2, 0) is 17.8 Å². The van der Waals surface area contributed by atoms with Gasteiger partial charge < -0.3 is 5.11 Å². The summed E-state index contributed by atoms with van der Waals surface area (Å²) in [6.45, 7) is 2.52. The average Bonchev–Trinajstić information content (AvgIpc) is 2.85. The summed E-state index contributed by atoms with van der Waals surface area (Å²) < 4.78 is 2.60. The number of carboxylic acid groups (broad SMARTS) is 1. The van der Waals surface area contributed by atoms with E-state index in [1.165, 1.54) is 6.20 Å². The Morgan fingerprint density at radius 3 is 2.68 bits per heavy atom. The third-order valence-corrected chi connectivity index (χ3v) is 3.48. The van der Waals surface area contributed by atoms with Crippen molar-refractivity contribution < 1.29 is 9.90 Å². The summed E-state index contributed by atoms with van der Waals surface area (Å²) in [6.07, 6.45) is 1.96. The predicted molar refractivity (Wildman–Crippen MR) is 73.9 cm³/mol. The summed E-state index contributed by atoms with van der Waals surface area (Å²) in [5.74, 6) is -1.49. The van der Waals surface area contributed by atoms with Crippen LogP contribution >= 0.6 is 15.9 Å². The minimum Gasteiger partial charge on any atom is -0.481 e. The Hall–Kier alpha value is -1.69. The molecule has 0 saturated heterocycles. The molecule has 0 amide bonds. The predicted octanol–water partition coefficient (Wildman–Crippen LogP) is 2.47. The molecule has 0 aliphatic carbocycles. The zero-order valence-electron chi connectivity index (χ0n) is 10.5. The van der Waals surface area contributed by atoms with E-state index < -0.39 is 11.9 Å². The highest BCUT2D eigenvalue weighted by Gasteiger charge is 2.24. The van der Waals surface area contributed by atoms with Crippen molar-refractivity contribution in [2.45, 2.75) is 25.8 Å². The van der Waals surface area contributed by atoms with E-state index in [1.807, 2.05) is 31.2 Å². The normalized spacial score (nSPS) is 12.3. The average molecular weight is 324 g/mol. The highest BCUT2D eigenvalue weighted by Crippen LogP contribution is 2.21. The molecule has 0 fully saturated rings. The molecule has 1 aromatic heterocycles. The molecule has 19 heavy (non-hydrogen) atoms. The Balaban J connectivity index is 2.26. The fourth-order valence-corrected chi connectivity index (χ4v) is 2.22. The molecule has 0 aliphatic heterocycles. The molecule has 6 heteroatoms. The van der Waals surface area contributed by atoms with E-state index in [1.54, 1.807) is 4.68 Å². The van der Waals surface area contributed by atoms with Crippen molar-refractivity contribution in [2.75, 3.05) is 0 Å².